The van der Waals surface area contributed by atoms with E-state index in [-0.39, 0.29) is 5.91 Å². The van der Waals surface area contributed by atoms with Gasteiger partial charge in [0.2, 0.25) is 5.91 Å². The molecule has 7 heteroatoms. The highest BCUT2D eigenvalue weighted by atomic mass is 32.1. The van der Waals surface area contributed by atoms with Crippen LogP contribution < -0.4 is 10.6 Å². The Morgan fingerprint density at radius 2 is 2.22 bits per heavy atom. The van der Waals surface area contributed by atoms with Crippen LogP contribution in [0.1, 0.15) is 30.7 Å². The topological polar surface area (TPSA) is 79.8 Å². The first kappa shape index (κ1) is 17.9. The van der Waals surface area contributed by atoms with Gasteiger partial charge in [0, 0.05) is 42.8 Å². The Morgan fingerprint density at radius 3 is 3.00 bits per heavy atom. The molecular formula is C20H23N5OS. The molecule has 0 aromatic carbocycles. The second kappa shape index (κ2) is 7.60. The summed E-state index contributed by atoms with van der Waals surface area (Å²) in [5, 5.41) is 7.39. The molecule has 0 fully saturated rings. The number of anilines is 1. The van der Waals surface area contributed by atoms with Gasteiger partial charge in [-0.05, 0) is 42.9 Å². The van der Waals surface area contributed by atoms with Gasteiger partial charge in [0.1, 0.15) is 10.6 Å². The number of rotatable bonds is 5. The van der Waals surface area contributed by atoms with Crippen LogP contribution in [0, 0.1) is 5.92 Å². The maximum atomic E-state index is 11.1. The highest BCUT2D eigenvalue weighted by Gasteiger charge is 2.24. The van der Waals surface area contributed by atoms with E-state index in [1.165, 1.54) is 23.8 Å². The number of aromatic nitrogens is 3. The quantitative estimate of drug-likeness (QED) is 0.662. The maximum Gasteiger partial charge on any atom is 0.216 e. The van der Waals surface area contributed by atoms with Crippen molar-refractivity contribution in [2.75, 3.05) is 18.4 Å². The molecule has 6 nitrogen and oxygen atoms in total. The summed E-state index contributed by atoms with van der Waals surface area (Å²) in [6.45, 7) is 5.03. The van der Waals surface area contributed by atoms with E-state index in [1.54, 1.807) is 23.7 Å². The van der Waals surface area contributed by atoms with Crippen molar-refractivity contribution in [2.24, 2.45) is 5.92 Å². The molecule has 1 aliphatic rings. The van der Waals surface area contributed by atoms with E-state index < -0.39 is 0 Å². The zero-order valence-corrected chi connectivity index (χ0v) is 16.4. The Kier molecular flexibility index (Phi) is 5.03. The molecular weight excluding hydrogens is 358 g/mol. The number of amides is 1. The number of pyridine rings is 1. The minimum Gasteiger partial charge on any atom is -0.368 e. The largest absolute Gasteiger partial charge is 0.368 e. The standard InChI is InChI=1S/C20H23N5OS/c1-12-5-6-15-16(10-12)27-20-17(15)19(23-9-8-22-13(2)26)24-18(25-20)14-4-3-7-21-11-14/h3-4,7,11-12H,5-6,8-10H2,1-2H3,(H,22,26)(H,23,24,25)/t12-/m1/s1. The molecule has 2 N–H and O–H groups in total. The van der Waals surface area contributed by atoms with Gasteiger partial charge in [0.25, 0.3) is 0 Å². The number of hydrogen-bond donors (Lipinski definition) is 2. The molecule has 3 aromatic heterocycles. The Morgan fingerprint density at radius 1 is 1.33 bits per heavy atom. The lowest BCUT2D eigenvalue weighted by molar-refractivity contribution is -0.118. The van der Waals surface area contributed by atoms with Crippen molar-refractivity contribution < 1.29 is 4.79 Å². The Balaban J connectivity index is 1.75. The van der Waals surface area contributed by atoms with Gasteiger partial charge in [0.15, 0.2) is 5.82 Å². The van der Waals surface area contributed by atoms with E-state index in [2.05, 4.69) is 22.5 Å². The number of fused-ring (bicyclic) bond motifs is 3. The molecule has 1 atom stereocenters. The lowest BCUT2D eigenvalue weighted by Crippen LogP contribution is -2.26. The number of nitrogens with one attached hydrogen (secondary N) is 2. The summed E-state index contributed by atoms with van der Waals surface area (Å²) in [7, 11) is 0. The lowest BCUT2D eigenvalue weighted by Gasteiger charge is -2.18. The zero-order valence-electron chi connectivity index (χ0n) is 15.6. The van der Waals surface area contributed by atoms with Gasteiger partial charge in [-0.2, -0.15) is 0 Å². The van der Waals surface area contributed by atoms with E-state index in [4.69, 9.17) is 9.97 Å². The highest BCUT2D eigenvalue weighted by molar-refractivity contribution is 7.19. The summed E-state index contributed by atoms with van der Waals surface area (Å²) in [5.41, 5.74) is 2.30. The maximum absolute atomic E-state index is 11.1. The van der Waals surface area contributed by atoms with Gasteiger partial charge in [-0.25, -0.2) is 9.97 Å². The van der Waals surface area contributed by atoms with Crippen LogP contribution in [-0.2, 0) is 17.6 Å². The molecule has 0 spiro atoms. The van der Waals surface area contributed by atoms with Crippen LogP contribution in [0.2, 0.25) is 0 Å². The van der Waals surface area contributed by atoms with E-state index >= 15 is 0 Å². The third kappa shape index (κ3) is 3.78. The molecule has 4 rings (SSSR count). The second-order valence-electron chi connectivity index (χ2n) is 7.08. The van der Waals surface area contributed by atoms with Crippen molar-refractivity contribution in [1.82, 2.24) is 20.3 Å². The van der Waals surface area contributed by atoms with Crippen molar-refractivity contribution in [2.45, 2.75) is 33.1 Å². The molecule has 0 radical (unpaired) electrons. The Bertz CT molecular complexity index is 969. The third-order valence-corrected chi connectivity index (χ3v) is 6.01. The molecule has 0 unspecified atom stereocenters. The number of thiophene rings is 1. The minimum atomic E-state index is -0.0254. The van der Waals surface area contributed by atoms with Gasteiger partial charge in [-0.3, -0.25) is 9.78 Å². The van der Waals surface area contributed by atoms with Crippen LogP contribution in [0.15, 0.2) is 24.5 Å². The van der Waals surface area contributed by atoms with E-state index in [1.807, 2.05) is 12.1 Å². The van der Waals surface area contributed by atoms with Crippen LogP contribution in [0.25, 0.3) is 21.6 Å². The monoisotopic (exact) mass is 381 g/mol. The van der Waals surface area contributed by atoms with Gasteiger partial charge < -0.3 is 10.6 Å². The van der Waals surface area contributed by atoms with Crippen molar-refractivity contribution in [1.29, 1.82) is 0 Å². The average molecular weight is 382 g/mol. The molecule has 0 saturated heterocycles. The summed E-state index contributed by atoms with van der Waals surface area (Å²) in [4.78, 5) is 27.5. The fraction of sp³-hybridized carbons (Fsp3) is 0.400. The van der Waals surface area contributed by atoms with Crippen molar-refractivity contribution in [3.63, 3.8) is 0 Å². The number of aryl methyl sites for hydroxylation is 1. The van der Waals surface area contributed by atoms with Crippen molar-refractivity contribution in [3.8, 4) is 11.4 Å². The predicted octanol–water partition coefficient (Wildman–Crippen LogP) is 3.43. The zero-order chi connectivity index (χ0) is 18.8. The van der Waals surface area contributed by atoms with Crippen LogP contribution in [-0.4, -0.2) is 33.9 Å². The van der Waals surface area contributed by atoms with Crippen LogP contribution in [0.3, 0.4) is 0 Å². The van der Waals surface area contributed by atoms with E-state index in [0.29, 0.717) is 24.8 Å². The van der Waals surface area contributed by atoms with Gasteiger partial charge in [0.05, 0.1) is 5.39 Å². The summed E-state index contributed by atoms with van der Waals surface area (Å²) in [6.07, 6.45) is 6.93. The molecule has 3 aromatic rings. The first-order chi connectivity index (χ1) is 13.1. The SMILES string of the molecule is CC(=O)NCCNc1nc(-c2cccnc2)nc2sc3c(c12)CC[C@@H](C)C3. The normalized spacial score (nSPS) is 16.1. The van der Waals surface area contributed by atoms with Crippen LogP contribution in [0.4, 0.5) is 5.82 Å². The molecule has 0 aliphatic heterocycles. The second-order valence-corrected chi connectivity index (χ2v) is 8.16. The van der Waals surface area contributed by atoms with Crippen molar-refractivity contribution in [3.05, 3.63) is 35.0 Å². The Hall–Kier alpha value is -2.54. The smallest absolute Gasteiger partial charge is 0.216 e. The third-order valence-electron chi connectivity index (χ3n) is 4.87. The number of hydrogen-bond acceptors (Lipinski definition) is 6. The lowest BCUT2D eigenvalue weighted by atomic mass is 9.89. The average Bonchev–Trinajstić information content (AvgIpc) is 3.03. The van der Waals surface area contributed by atoms with Crippen LogP contribution in [0.5, 0.6) is 0 Å². The molecule has 0 bridgehead atoms. The molecule has 27 heavy (non-hydrogen) atoms. The molecule has 140 valence electrons. The molecule has 3 heterocycles. The molecule has 0 saturated carbocycles. The predicted molar refractivity (Wildman–Crippen MR) is 109 cm³/mol. The first-order valence-corrected chi connectivity index (χ1v) is 10.1. The fourth-order valence-electron chi connectivity index (χ4n) is 3.51. The first-order valence-electron chi connectivity index (χ1n) is 9.33. The van der Waals surface area contributed by atoms with E-state index in [0.717, 1.165) is 34.4 Å². The highest BCUT2D eigenvalue weighted by Crippen LogP contribution is 2.40. The number of carbonyl (C=O) groups is 1. The van der Waals surface area contributed by atoms with Crippen LogP contribution >= 0.6 is 11.3 Å². The van der Waals surface area contributed by atoms with Crippen molar-refractivity contribution >= 4 is 33.3 Å². The van der Waals surface area contributed by atoms with Gasteiger partial charge in [-0.15, -0.1) is 11.3 Å². The molecule has 1 amide bonds. The number of nitrogens with zero attached hydrogens (tertiary/aromatic N) is 3. The van der Waals surface area contributed by atoms with Gasteiger partial charge in [-0.1, -0.05) is 6.92 Å². The minimum absolute atomic E-state index is 0.0254. The summed E-state index contributed by atoms with van der Waals surface area (Å²) in [6, 6.07) is 3.87. The summed E-state index contributed by atoms with van der Waals surface area (Å²) in [5.74, 6) is 2.23. The number of carbonyl (C=O) groups excluding carboxylic acids is 1. The van der Waals surface area contributed by atoms with Gasteiger partial charge >= 0.3 is 0 Å². The fourth-order valence-corrected chi connectivity index (χ4v) is 4.90. The Labute approximate surface area is 162 Å². The molecule has 1 aliphatic carbocycles. The summed E-state index contributed by atoms with van der Waals surface area (Å²) >= 11 is 1.79. The van der Waals surface area contributed by atoms with E-state index in [9.17, 15) is 4.79 Å². The summed E-state index contributed by atoms with van der Waals surface area (Å²) < 4.78 is 0.